The number of aromatic nitrogens is 2. The highest BCUT2D eigenvalue weighted by atomic mass is 79.9. The van der Waals surface area contributed by atoms with Crippen molar-refractivity contribution in [2.45, 2.75) is 0 Å². The number of para-hydroxylation sites is 2. The van der Waals surface area contributed by atoms with Crippen molar-refractivity contribution in [1.29, 1.82) is 0 Å². The fraction of sp³-hybridized carbons (Fsp3) is 0. The molecule has 4 heteroatoms. The van der Waals surface area contributed by atoms with Crippen LogP contribution in [-0.2, 0) is 0 Å². The quantitative estimate of drug-likeness (QED) is 0.598. The van der Waals surface area contributed by atoms with E-state index in [-0.39, 0.29) is 0 Å². The van der Waals surface area contributed by atoms with Crippen LogP contribution in [0.25, 0.3) is 20.0 Å². The van der Waals surface area contributed by atoms with E-state index in [2.05, 4.69) is 41.8 Å². The highest BCUT2D eigenvalue weighted by Gasteiger charge is 2.09. The van der Waals surface area contributed by atoms with Crippen molar-refractivity contribution in [2.75, 3.05) is 0 Å². The molecule has 0 amide bonds. The average Bonchev–Trinajstić information content (AvgIpc) is 2.54. The number of hydrogen-bond donors (Lipinski definition) is 0. The standard InChI is InChI=1S/C16H10Br2N2/c17-15(11-6-2-1-3-7-11)16(18)14-10-19-12-8-4-5-9-13(12)20-14/h1-10H/b16-15+. The maximum Gasteiger partial charge on any atom is 0.0974 e. The van der Waals surface area contributed by atoms with E-state index in [0.29, 0.717) is 0 Å². The Balaban J connectivity index is 2.10. The van der Waals surface area contributed by atoms with Gasteiger partial charge < -0.3 is 0 Å². The molecule has 0 unspecified atom stereocenters. The van der Waals surface area contributed by atoms with Crippen LogP contribution in [0.15, 0.2) is 60.8 Å². The summed E-state index contributed by atoms with van der Waals surface area (Å²) in [5.41, 5.74) is 3.68. The summed E-state index contributed by atoms with van der Waals surface area (Å²) in [6.45, 7) is 0. The highest BCUT2D eigenvalue weighted by Crippen LogP contribution is 2.34. The second-order valence-electron chi connectivity index (χ2n) is 4.24. The molecule has 0 bridgehead atoms. The maximum absolute atomic E-state index is 4.62. The Morgan fingerprint density at radius 3 is 2.15 bits per heavy atom. The van der Waals surface area contributed by atoms with Gasteiger partial charge in [-0.3, -0.25) is 4.98 Å². The van der Waals surface area contributed by atoms with Crippen LogP contribution >= 0.6 is 31.9 Å². The molecule has 0 aliphatic carbocycles. The summed E-state index contributed by atoms with van der Waals surface area (Å²) in [4.78, 5) is 9.06. The Bertz CT molecular complexity index is 783. The molecule has 1 aromatic heterocycles. The summed E-state index contributed by atoms with van der Waals surface area (Å²) in [6, 6.07) is 17.9. The Hall–Kier alpha value is -1.52. The molecule has 0 aliphatic rings. The monoisotopic (exact) mass is 388 g/mol. The van der Waals surface area contributed by atoms with Gasteiger partial charge in [0.2, 0.25) is 0 Å². The van der Waals surface area contributed by atoms with Gasteiger partial charge in [0.05, 0.1) is 27.4 Å². The molecule has 0 fully saturated rings. The second-order valence-corrected chi connectivity index (χ2v) is 5.82. The molecule has 0 aliphatic heterocycles. The zero-order valence-corrected chi connectivity index (χ0v) is 13.6. The molecule has 0 spiro atoms. The van der Waals surface area contributed by atoms with Crippen molar-refractivity contribution in [2.24, 2.45) is 0 Å². The lowest BCUT2D eigenvalue weighted by Gasteiger charge is -2.05. The minimum absolute atomic E-state index is 0.805. The largest absolute Gasteiger partial charge is 0.252 e. The zero-order chi connectivity index (χ0) is 13.9. The molecular formula is C16H10Br2N2. The SMILES string of the molecule is Br/C(=C(/Br)c1cnc2ccccc2n1)c1ccccc1. The van der Waals surface area contributed by atoms with Crippen LogP contribution in [0.3, 0.4) is 0 Å². The molecule has 3 aromatic rings. The van der Waals surface area contributed by atoms with E-state index >= 15 is 0 Å². The summed E-state index contributed by atoms with van der Waals surface area (Å²) < 4.78 is 1.85. The smallest absolute Gasteiger partial charge is 0.0974 e. The predicted octanol–water partition coefficient (Wildman–Crippen LogP) is 5.25. The minimum atomic E-state index is 0.805. The molecule has 0 saturated heterocycles. The van der Waals surface area contributed by atoms with Crippen molar-refractivity contribution in [1.82, 2.24) is 9.97 Å². The number of benzene rings is 2. The van der Waals surface area contributed by atoms with Crippen LogP contribution in [0.4, 0.5) is 0 Å². The second kappa shape index (κ2) is 5.85. The number of rotatable bonds is 2. The third kappa shape index (κ3) is 2.67. The van der Waals surface area contributed by atoms with E-state index in [0.717, 1.165) is 31.3 Å². The number of fused-ring (bicyclic) bond motifs is 1. The van der Waals surface area contributed by atoms with Crippen molar-refractivity contribution in [3.8, 4) is 0 Å². The van der Waals surface area contributed by atoms with E-state index in [1.54, 1.807) is 6.20 Å². The molecule has 0 saturated carbocycles. The van der Waals surface area contributed by atoms with Gasteiger partial charge in [0, 0.05) is 4.48 Å². The molecule has 1 heterocycles. The van der Waals surface area contributed by atoms with Gasteiger partial charge in [0.15, 0.2) is 0 Å². The molecule has 0 atom stereocenters. The summed E-state index contributed by atoms with van der Waals surface area (Å²) in [5.74, 6) is 0. The predicted molar refractivity (Wildman–Crippen MR) is 90.6 cm³/mol. The van der Waals surface area contributed by atoms with Gasteiger partial charge in [-0.2, -0.15) is 0 Å². The molecule has 98 valence electrons. The van der Waals surface area contributed by atoms with Crippen LogP contribution < -0.4 is 0 Å². The van der Waals surface area contributed by atoms with Crippen molar-refractivity contribution in [3.05, 3.63) is 72.1 Å². The molecule has 0 N–H and O–H groups in total. The summed E-state index contributed by atoms with van der Waals surface area (Å²) in [7, 11) is 0. The lowest BCUT2D eigenvalue weighted by molar-refractivity contribution is 1.26. The fourth-order valence-electron chi connectivity index (χ4n) is 1.89. The lowest BCUT2D eigenvalue weighted by Crippen LogP contribution is -1.90. The zero-order valence-electron chi connectivity index (χ0n) is 10.4. The highest BCUT2D eigenvalue weighted by molar-refractivity contribution is 9.18. The van der Waals surface area contributed by atoms with Crippen LogP contribution in [0.5, 0.6) is 0 Å². The summed E-state index contributed by atoms with van der Waals surface area (Å²) in [5, 5.41) is 0. The fourth-order valence-corrected chi connectivity index (χ4v) is 2.77. The molecule has 0 radical (unpaired) electrons. The Labute approximate surface area is 133 Å². The lowest BCUT2D eigenvalue weighted by atomic mass is 10.2. The van der Waals surface area contributed by atoms with Crippen LogP contribution in [0.2, 0.25) is 0 Å². The minimum Gasteiger partial charge on any atom is -0.252 e. The van der Waals surface area contributed by atoms with Crippen molar-refractivity contribution in [3.63, 3.8) is 0 Å². The van der Waals surface area contributed by atoms with Gasteiger partial charge in [0.1, 0.15) is 0 Å². The van der Waals surface area contributed by atoms with Crippen LogP contribution in [0.1, 0.15) is 11.3 Å². The van der Waals surface area contributed by atoms with Crippen molar-refractivity contribution < 1.29 is 0 Å². The first-order valence-corrected chi connectivity index (χ1v) is 7.67. The van der Waals surface area contributed by atoms with E-state index in [4.69, 9.17) is 0 Å². The van der Waals surface area contributed by atoms with Gasteiger partial charge in [-0.05, 0) is 49.6 Å². The Kier molecular flexibility index (Phi) is 3.94. The molecule has 2 aromatic carbocycles. The Morgan fingerprint density at radius 1 is 0.750 bits per heavy atom. The number of halogens is 2. The first kappa shape index (κ1) is 13.5. The van der Waals surface area contributed by atoms with E-state index < -0.39 is 0 Å². The molecule has 2 nitrogen and oxygen atoms in total. The molecule has 20 heavy (non-hydrogen) atoms. The molecular weight excluding hydrogens is 380 g/mol. The van der Waals surface area contributed by atoms with Gasteiger partial charge >= 0.3 is 0 Å². The van der Waals surface area contributed by atoms with E-state index in [1.807, 2.05) is 54.6 Å². The van der Waals surface area contributed by atoms with Crippen LogP contribution in [-0.4, -0.2) is 9.97 Å². The maximum atomic E-state index is 4.62. The third-order valence-electron chi connectivity index (χ3n) is 2.89. The third-order valence-corrected chi connectivity index (χ3v) is 5.08. The van der Waals surface area contributed by atoms with Gasteiger partial charge in [-0.25, -0.2) is 4.98 Å². The van der Waals surface area contributed by atoms with Crippen LogP contribution in [0, 0.1) is 0 Å². The number of hydrogen-bond acceptors (Lipinski definition) is 2. The molecule has 3 rings (SSSR count). The normalized spacial score (nSPS) is 12.3. The van der Waals surface area contributed by atoms with E-state index in [9.17, 15) is 0 Å². The summed E-state index contributed by atoms with van der Waals surface area (Å²) in [6.07, 6.45) is 1.77. The first-order chi connectivity index (χ1) is 9.75. The summed E-state index contributed by atoms with van der Waals surface area (Å²) >= 11 is 7.22. The van der Waals surface area contributed by atoms with Gasteiger partial charge in [0.25, 0.3) is 0 Å². The van der Waals surface area contributed by atoms with E-state index in [1.165, 1.54) is 0 Å². The van der Waals surface area contributed by atoms with Crippen molar-refractivity contribution >= 4 is 51.9 Å². The van der Waals surface area contributed by atoms with Gasteiger partial charge in [-0.1, -0.05) is 42.5 Å². The topological polar surface area (TPSA) is 25.8 Å². The number of nitrogens with zero attached hydrogens (tertiary/aromatic N) is 2. The van der Waals surface area contributed by atoms with Gasteiger partial charge in [-0.15, -0.1) is 0 Å². The Morgan fingerprint density at radius 2 is 1.40 bits per heavy atom. The first-order valence-electron chi connectivity index (χ1n) is 6.08. The average molecular weight is 390 g/mol.